The summed E-state index contributed by atoms with van der Waals surface area (Å²) in [5.41, 5.74) is 0.846. The highest BCUT2D eigenvalue weighted by Gasteiger charge is 2.38. The molecule has 1 saturated heterocycles. The Hall–Kier alpha value is -2.12. The topological polar surface area (TPSA) is 72.3 Å². The number of hydrogen-bond donors (Lipinski definition) is 1. The van der Waals surface area contributed by atoms with E-state index in [0.29, 0.717) is 45.6 Å². The van der Waals surface area contributed by atoms with E-state index < -0.39 is 5.92 Å². The molecule has 0 spiro atoms. The molecule has 5 nitrogen and oxygen atoms in total. The third-order valence-electron chi connectivity index (χ3n) is 3.82. The highest BCUT2D eigenvalue weighted by atomic mass is 32.2. The first-order valence-corrected chi connectivity index (χ1v) is 10.5. The first-order chi connectivity index (χ1) is 13.0. The molecule has 1 aliphatic heterocycles. The Labute approximate surface area is 167 Å². The SMILES string of the molecule is CCOc1cc(/C=C2\SC(=N)[C@H](c3nccs3)C2=O)ccc1OCC(C)C. The van der Waals surface area contributed by atoms with Crippen molar-refractivity contribution in [1.82, 2.24) is 4.98 Å². The van der Waals surface area contributed by atoms with Crippen LogP contribution in [0, 0.1) is 11.3 Å². The number of carbonyl (C=O) groups is 1. The molecule has 0 aliphatic carbocycles. The zero-order chi connectivity index (χ0) is 19.4. The second-order valence-electron chi connectivity index (χ2n) is 6.49. The largest absolute Gasteiger partial charge is 0.490 e. The third-order valence-corrected chi connectivity index (χ3v) is 5.66. The predicted molar refractivity (Wildman–Crippen MR) is 111 cm³/mol. The van der Waals surface area contributed by atoms with Crippen molar-refractivity contribution in [1.29, 1.82) is 5.41 Å². The minimum absolute atomic E-state index is 0.0713. The molecule has 1 fully saturated rings. The first kappa shape index (κ1) is 19.6. The third kappa shape index (κ3) is 4.59. The summed E-state index contributed by atoms with van der Waals surface area (Å²) in [4.78, 5) is 17.5. The van der Waals surface area contributed by atoms with Crippen molar-refractivity contribution in [2.24, 2.45) is 5.92 Å². The van der Waals surface area contributed by atoms with Gasteiger partial charge in [0, 0.05) is 11.6 Å². The lowest BCUT2D eigenvalue weighted by Gasteiger charge is -2.14. The number of Topliss-reactive ketones (excluding diaryl/α,β-unsaturated/α-hetero) is 1. The van der Waals surface area contributed by atoms with Crippen LogP contribution in [0.5, 0.6) is 11.5 Å². The van der Waals surface area contributed by atoms with Gasteiger partial charge >= 0.3 is 0 Å². The Balaban J connectivity index is 1.85. The Morgan fingerprint density at radius 1 is 1.30 bits per heavy atom. The summed E-state index contributed by atoms with van der Waals surface area (Å²) < 4.78 is 11.5. The van der Waals surface area contributed by atoms with Gasteiger partial charge in [0.15, 0.2) is 17.3 Å². The highest BCUT2D eigenvalue weighted by molar-refractivity contribution is 8.19. The second kappa shape index (κ2) is 8.71. The monoisotopic (exact) mass is 402 g/mol. The van der Waals surface area contributed by atoms with E-state index in [0.717, 1.165) is 5.56 Å². The molecule has 1 aromatic carbocycles. The quantitative estimate of drug-likeness (QED) is 0.660. The summed E-state index contributed by atoms with van der Waals surface area (Å²) >= 11 is 2.61. The molecular formula is C20H22N2O3S2. The van der Waals surface area contributed by atoms with Crippen LogP contribution < -0.4 is 9.47 Å². The molecule has 2 heterocycles. The Kier molecular flexibility index (Phi) is 6.34. The van der Waals surface area contributed by atoms with Gasteiger partial charge in [-0.1, -0.05) is 31.7 Å². The summed E-state index contributed by atoms with van der Waals surface area (Å²) in [6.07, 6.45) is 3.47. The molecular weight excluding hydrogens is 380 g/mol. The van der Waals surface area contributed by atoms with E-state index in [1.54, 1.807) is 6.20 Å². The first-order valence-electron chi connectivity index (χ1n) is 8.80. The Morgan fingerprint density at radius 2 is 2.11 bits per heavy atom. The average molecular weight is 403 g/mol. The van der Waals surface area contributed by atoms with Crippen LogP contribution in [0.15, 0.2) is 34.7 Å². The predicted octanol–water partition coefficient (Wildman–Crippen LogP) is 4.99. The average Bonchev–Trinajstić information content (AvgIpc) is 3.23. The molecule has 0 saturated carbocycles. The van der Waals surface area contributed by atoms with Gasteiger partial charge in [-0.15, -0.1) is 11.3 Å². The molecule has 7 heteroatoms. The number of carbonyl (C=O) groups excluding carboxylic acids is 1. The molecule has 1 aromatic heterocycles. The maximum Gasteiger partial charge on any atom is 0.186 e. The van der Waals surface area contributed by atoms with E-state index >= 15 is 0 Å². The summed E-state index contributed by atoms with van der Waals surface area (Å²) in [6.45, 7) is 7.25. The van der Waals surface area contributed by atoms with Crippen molar-refractivity contribution < 1.29 is 14.3 Å². The van der Waals surface area contributed by atoms with E-state index in [4.69, 9.17) is 14.9 Å². The van der Waals surface area contributed by atoms with Gasteiger partial charge in [0.25, 0.3) is 0 Å². The van der Waals surface area contributed by atoms with Crippen LogP contribution in [0.25, 0.3) is 6.08 Å². The number of ether oxygens (including phenoxy) is 2. The fourth-order valence-electron chi connectivity index (χ4n) is 2.60. The molecule has 2 aromatic rings. The summed E-state index contributed by atoms with van der Waals surface area (Å²) in [5.74, 6) is 1.14. The maximum atomic E-state index is 12.8. The molecule has 27 heavy (non-hydrogen) atoms. The van der Waals surface area contributed by atoms with E-state index in [1.807, 2.05) is 36.6 Å². The van der Waals surface area contributed by atoms with Gasteiger partial charge in [0.1, 0.15) is 10.9 Å². The molecule has 1 atom stereocenters. The van der Waals surface area contributed by atoms with Crippen LogP contribution in [0.2, 0.25) is 0 Å². The number of thioether (sulfide) groups is 1. The molecule has 142 valence electrons. The van der Waals surface area contributed by atoms with Gasteiger partial charge in [0.2, 0.25) is 0 Å². The minimum Gasteiger partial charge on any atom is -0.490 e. The van der Waals surface area contributed by atoms with Crippen LogP contribution in [-0.4, -0.2) is 29.0 Å². The summed E-state index contributed by atoms with van der Waals surface area (Å²) in [7, 11) is 0. The lowest BCUT2D eigenvalue weighted by molar-refractivity contribution is -0.114. The Bertz CT molecular complexity index is 860. The van der Waals surface area contributed by atoms with E-state index in [1.165, 1.54) is 23.1 Å². The fraction of sp³-hybridized carbons (Fsp3) is 0.350. The fourth-order valence-corrected chi connectivity index (χ4v) is 4.41. The lowest BCUT2D eigenvalue weighted by atomic mass is 10.0. The van der Waals surface area contributed by atoms with Gasteiger partial charge < -0.3 is 9.47 Å². The van der Waals surface area contributed by atoms with Crippen molar-refractivity contribution in [3.8, 4) is 11.5 Å². The van der Waals surface area contributed by atoms with Crippen molar-refractivity contribution in [3.05, 3.63) is 45.3 Å². The maximum absolute atomic E-state index is 12.8. The molecule has 0 amide bonds. The van der Waals surface area contributed by atoms with Gasteiger partial charge in [-0.3, -0.25) is 10.2 Å². The van der Waals surface area contributed by atoms with Crippen molar-refractivity contribution >= 4 is 40.0 Å². The van der Waals surface area contributed by atoms with Gasteiger partial charge in [-0.25, -0.2) is 4.98 Å². The summed E-state index contributed by atoms with van der Waals surface area (Å²) in [5, 5.41) is 11.0. The standard InChI is InChI=1S/C20H22N2O3S2/c1-4-24-15-9-13(5-6-14(15)25-11-12(2)3)10-16-18(23)17(19(21)27-16)20-22-7-8-26-20/h5-10,12,17,21H,4,11H2,1-3H3/b16-10-,21-19?/t17-/m1/s1. The number of nitrogens with one attached hydrogen (secondary N) is 1. The highest BCUT2D eigenvalue weighted by Crippen LogP contribution is 2.41. The summed E-state index contributed by atoms with van der Waals surface area (Å²) in [6, 6.07) is 5.65. The van der Waals surface area contributed by atoms with Gasteiger partial charge in [0.05, 0.1) is 23.2 Å². The molecule has 1 N–H and O–H groups in total. The number of hydrogen-bond acceptors (Lipinski definition) is 7. The molecule has 0 radical (unpaired) electrons. The number of allylic oxidation sites excluding steroid dienone is 1. The Morgan fingerprint density at radius 3 is 2.78 bits per heavy atom. The lowest BCUT2D eigenvalue weighted by Crippen LogP contribution is -2.11. The van der Waals surface area contributed by atoms with Crippen LogP contribution in [0.4, 0.5) is 0 Å². The van der Waals surface area contributed by atoms with Crippen molar-refractivity contribution in [3.63, 3.8) is 0 Å². The van der Waals surface area contributed by atoms with Crippen LogP contribution in [0.1, 0.15) is 37.3 Å². The number of rotatable bonds is 7. The number of benzene rings is 1. The molecule has 0 bridgehead atoms. The van der Waals surface area contributed by atoms with E-state index in [2.05, 4.69) is 18.8 Å². The molecule has 0 unspecified atom stereocenters. The second-order valence-corrected chi connectivity index (χ2v) is 8.50. The van der Waals surface area contributed by atoms with E-state index in [-0.39, 0.29) is 5.78 Å². The molecule has 1 aliphatic rings. The smallest absolute Gasteiger partial charge is 0.186 e. The van der Waals surface area contributed by atoms with E-state index in [9.17, 15) is 4.79 Å². The minimum atomic E-state index is -0.568. The molecule has 3 rings (SSSR count). The number of nitrogens with zero attached hydrogens (tertiary/aromatic N) is 1. The normalized spacial score (nSPS) is 18.5. The number of aromatic nitrogens is 1. The van der Waals surface area contributed by atoms with Gasteiger partial charge in [-0.05, 0) is 36.6 Å². The van der Waals surface area contributed by atoms with Crippen LogP contribution in [-0.2, 0) is 4.79 Å². The zero-order valence-electron chi connectivity index (χ0n) is 15.5. The number of ketones is 1. The van der Waals surface area contributed by atoms with Crippen molar-refractivity contribution in [2.75, 3.05) is 13.2 Å². The van der Waals surface area contributed by atoms with Crippen molar-refractivity contribution in [2.45, 2.75) is 26.7 Å². The zero-order valence-corrected chi connectivity index (χ0v) is 17.2. The van der Waals surface area contributed by atoms with Gasteiger partial charge in [-0.2, -0.15) is 0 Å². The van der Waals surface area contributed by atoms with Crippen LogP contribution in [0.3, 0.4) is 0 Å². The van der Waals surface area contributed by atoms with Crippen LogP contribution >= 0.6 is 23.1 Å². The number of thiazole rings is 1.